The summed E-state index contributed by atoms with van der Waals surface area (Å²) in [6.07, 6.45) is 6.31. The SMILES string of the molecule is C[N+](C)(CC=CCN1CCC(OC(=O)NC(c2ccccc2)c2ccccc2)CC1)CCCN1C(=O)c2ccccc2C1=O. The second kappa shape index (κ2) is 14.5. The molecular formula is C36H43N4O4+. The number of imide groups is 1. The smallest absolute Gasteiger partial charge is 0.408 e. The van der Waals surface area contributed by atoms with Crippen molar-refractivity contribution in [3.05, 3.63) is 119 Å². The van der Waals surface area contributed by atoms with Crippen LogP contribution in [0.3, 0.4) is 0 Å². The third-order valence-electron chi connectivity index (χ3n) is 8.49. The molecule has 3 aromatic carbocycles. The molecule has 0 radical (unpaired) electrons. The topological polar surface area (TPSA) is 79.0 Å². The molecule has 0 spiro atoms. The van der Waals surface area contributed by atoms with Gasteiger partial charge in [0.15, 0.2) is 0 Å². The lowest BCUT2D eigenvalue weighted by Gasteiger charge is -2.31. The molecule has 0 aliphatic carbocycles. The monoisotopic (exact) mass is 595 g/mol. The molecule has 1 saturated heterocycles. The maximum Gasteiger partial charge on any atom is 0.408 e. The van der Waals surface area contributed by atoms with Gasteiger partial charge in [0.2, 0.25) is 0 Å². The van der Waals surface area contributed by atoms with Crippen LogP contribution in [0.15, 0.2) is 97.1 Å². The second-order valence-corrected chi connectivity index (χ2v) is 12.3. The van der Waals surface area contributed by atoms with Crippen LogP contribution < -0.4 is 5.32 Å². The number of carbonyl (C=O) groups is 3. The van der Waals surface area contributed by atoms with Gasteiger partial charge in [-0.1, -0.05) is 78.9 Å². The molecule has 44 heavy (non-hydrogen) atoms. The first-order chi connectivity index (χ1) is 21.3. The zero-order valence-corrected chi connectivity index (χ0v) is 25.7. The molecule has 2 aliphatic heterocycles. The summed E-state index contributed by atoms with van der Waals surface area (Å²) in [5.74, 6) is -0.372. The van der Waals surface area contributed by atoms with Crippen molar-refractivity contribution in [3.63, 3.8) is 0 Å². The van der Waals surface area contributed by atoms with E-state index in [0.717, 1.165) is 67.6 Å². The second-order valence-electron chi connectivity index (χ2n) is 12.3. The van der Waals surface area contributed by atoms with Crippen LogP contribution in [0, 0.1) is 0 Å². The molecule has 2 aliphatic rings. The van der Waals surface area contributed by atoms with Gasteiger partial charge >= 0.3 is 6.09 Å². The number of nitrogens with zero attached hydrogens (tertiary/aromatic N) is 3. The lowest BCUT2D eigenvalue weighted by atomic mass is 9.99. The number of hydrogen-bond donors (Lipinski definition) is 1. The van der Waals surface area contributed by atoms with Gasteiger partial charge in [0.25, 0.3) is 11.8 Å². The van der Waals surface area contributed by atoms with E-state index >= 15 is 0 Å². The van der Waals surface area contributed by atoms with E-state index in [9.17, 15) is 14.4 Å². The standard InChI is InChI=1S/C36H42N4O4/c1-40(2,27-13-23-39-34(41)31-18-9-10-19-32(31)35(39)42)26-12-11-22-38-24-20-30(21-25-38)44-36(43)37-33(28-14-5-3-6-15-28)29-16-7-4-8-17-29/h3-12,14-19,30,33H,13,20-27H2,1-2H3/p+1. The molecule has 230 valence electrons. The van der Waals surface area contributed by atoms with Crippen LogP contribution in [0.4, 0.5) is 4.79 Å². The van der Waals surface area contributed by atoms with Crippen molar-refractivity contribution in [2.24, 2.45) is 0 Å². The predicted octanol–water partition coefficient (Wildman–Crippen LogP) is 5.29. The summed E-state index contributed by atoms with van der Waals surface area (Å²) in [6.45, 7) is 4.77. The molecule has 3 aromatic rings. The molecule has 8 heteroatoms. The van der Waals surface area contributed by atoms with Crippen LogP contribution in [0.1, 0.15) is 57.1 Å². The highest BCUT2D eigenvalue weighted by atomic mass is 16.6. The molecule has 1 N–H and O–H groups in total. The number of amides is 3. The Morgan fingerprint density at radius 1 is 0.864 bits per heavy atom. The van der Waals surface area contributed by atoms with Crippen LogP contribution in [-0.4, -0.2) is 91.7 Å². The van der Waals surface area contributed by atoms with Crippen molar-refractivity contribution in [2.45, 2.75) is 31.4 Å². The first kappa shape index (κ1) is 31.2. The van der Waals surface area contributed by atoms with Crippen molar-refractivity contribution in [1.82, 2.24) is 15.1 Å². The van der Waals surface area contributed by atoms with Gasteiger partial charge in [-0.3, -0.25) is 19.4 Å². The highest BCUT2D eigenvalue weighted by Crippen LogP contribution is 2.24. The third kappa shape index (κ3) is 8.01. The third-order valence-corrected chi connectivity index (χ3v) is 8.49. The molecule has 8 nitrogen and oxygen atoms in total. The maximum atomic E-state index is 12.9. The number of alkyl carbamates (subject to hydrolysis) is 1. The Bertz CT molecular complexity index is 1370. The van der Waals surface area contributed by atoms with Crippen molar-refractivity contribution < 1.29 is 23.6 Å². The average molecular weight is 596 g/mol. The van der Waals surface area contributed by atoms with E-state index in [4.69, 9.17) is 4.74 Å². The number of fused-ring (bicyclic) bond motifs is 1. The predicted molar refractivity (Wildman–Crippen MR) is 171 cm³/mol. The zero-order valence-electron chi connectivity index (χ0n) is 25.7. The van der Waals surface area contributed by atoms with Crippen molar-refractivity contribution in [2.75, 3.05) is 53.4 Å². The minimum atomic E-state index is -0.385. The number of piperidine rings is 1. The summed E-state index contributed by atoms with van der Waals surface area (Å²) in [5, 5.41) is 3.08. The molecule has 0 bridgehead atoms. The Labute approximate surface area is 260 Å². The van der Waals surface area contributed by atoms with Crippen molar-refractivity contribution in [3.8, 4) is 0 Å². The van der Waals surface area contributed by atoms with Crippen LogP contribution in [-0.2, 0) is 4.74 Å². The van der Waals surface area contributed by atoms with Gasteiger partial charge in [0.05, 0.1) is 44.4 Å². The number of carbonyl (C=O) groups excluding carboxylic acids is 3. The molecule has 3 amide bonds. The summed E-state index contributed by atoms with van der Waals surface area (Å²) in [6, 6.07) is 26.7. The van der Waals surface area contributed by atoms with Gasteiger partial charge in [-0.25, -0.2) is 4.79 Å². The fourth-order valence-corrected chi connectivity index (χ4v) is 5.94. The van der Waals surface area contributed by atoms with Gasteiger partial charge in [-0.15, -0.1) is 0 Å². The van der Waals surface area contributed by atoms with Crippen LogP contribution in [0.25, 0.3) is 0 Å². The summed E-state index contributed by atoms with van der Waals surface area (Å²) >= 11 is 0. The van der Waals surface area contributed by atoms with Crippen LogP contribution in [0.2, 0.25) is 0 Å². The highest BCUT2D eigenvalue weighted by Gasteiger charge is 2.35. The van der Waals surface area contributed by atoms with E-state index in [-0.39, 0.29) is 30.1 Å². The average Bonchev–Trinajstić information content (AvgIpc) is 3.28. The first-order valence-corrected chi connectivity index (χ1v) is 15.5. The number of hydrogen-bond acceptors (Lipinski definition) is 5. The van der Waals surface area contributed by atoms with Crippen LogP contribution in [0.5, 0.6) is 0 Å². The van der Waals surface area contributed by atoms with E-state index in [1.54, 1.807) is 24.3 Å². The number of nitrogens with one attached hydrogen (secondary N) is 1. The van der Waals surface area contributed by atoms with Crippen molar-refractivity contribution >= 4 is 17.9 Å². The van der Waals surface area contributed by atoms with E-state index in [1.807, 2.05) is 60.7 Å². The molecule has 0 saturated carbocycles. The molecule has 0 atom stereocenters. The number of likely N-dealkylation sites (N-methyl/N-ethyl adjacent to an activating group) is 1. The number of quaternary nitrogens is 1. The summed E-state index contributed by atoms with van der Waals surface area (Å²) in [7, 11) is 4.33. The Hall–Kier alpha value is -4.27. The van der Waals surface area contributed by atoms with Gasteiger partial charge in [0.1, 0.15) is 6.10 Å². The van der Waals surface area contributed by atoms with Gasteiger partial charge in [0, 0.05) is 32.6 Å². The summed E-state index contributed by atoms with van der Waals surface area (Å²) < 4.78 is 6.62. The fraction of sp³-hybridized carbons (Fsp3) is 0.361. The fourth-order valence-electron chi connectivity index (χ4n) is 5.94. The molecule has 0 aromatic heterocycles. The van der Waals surface area contributed by atoms with E-state index in [2.05, 4.69) is 36.5 Å². The normalized spacial score (nSPS) is 16.1. The summed E-state index contributed by atoms with van der Waals surface area (Å²) in [5.41, 5.74) is 3.05. The Morgan fingerprint density at radius 2 is 1.41 bits per heavy atom. The highest BCUT2D eigenvalue weighted by molar-refractivity contribution is 6.21. The first-order valence-electron chi connectivity index (χ1n) is 15.5. The Kier molecular flexibility index (Phi) is 10.2. The van der Waals surface area contributed by atoms with Gasteiger partial charge in [-0.2, -0.15) is 0 Å². The number of rotatable bonds is 12. The lowest BCUT2D eigenvalue weighted by Crippen LogP contribution is -2.42. The molecule has 0 unspecified atom stereocenters. The zero-order chi connectivity index (χ0) is 30.9. The van der Waals surface area contributed by atoms with E-state index in [1.165, 1.54) is 4.90 Å². The minimum absolute atomic E-state index is 0.0970. The molecule has 5 rings (SSSR count). The number of likely N-dealkylation sites (tertiary alicyclic amines) is 1. The molecular weight excluding hydrogens is 552 g/mol. The molecule has 1 fully saturated rings. The quantitative estimate of drug-likeness (QED) is 0.175. The lowest BCUT2D eigenvalue weighted by molar-refractivity contribution is -0.884. The number of ether oxygens (including phenoxy) is 1. The largest absolute Gasteiger partial charge is 0.446 e. The Morgan fingerprint density at radius 3 is 1.98 bits per heavy atom. The number of benzene rings is 3. The van der Waals surface area contributed by atoms with Gasteiger partial charge < -0.3 is 14.5 Å². The molecule has 2 heterocycles. The maximum absolute atomic E-state index is 12.9. The van der Waals surface area contributed by atoms with E-state index in [0.29, 0.717) is 17.7 Å². The van der Waals surface area contributed by atoms with Crippen molar-refractivity contribution in [1.29, 1.82) is 0 Å². The van der Waals surface area contributed by atoms with Gasteiger partial charge in [-0.05, 0) is 42.2 Å². The summed E-state index contributed by atoms with van der Waals surface area (Å²) in [4.78, 5) is 41.9. The Balaban J connectivity index is 1.00. The minimum Gasteiger partial charge on any atom is -0.446 e. The van der Waals surface area contributed by atoms with E-state index < -0.39 is 0 Å². The van der Waals surface area contributed by atoms with Crippen LogP contribution >= 0.6 is 0 Å².